The van der Waals surface area contributed by atoms with Gasteiger partial charge in [-0.2, -0.15) is 0 Å². The van der Waals surface area contributed by atoms with E-state index in [9.17, 15) is 19.3 Å². The number of aromatic nitrogens is 2. The van der Waals surface area contributed by atoms with Crippen molar-refractivity contribution >= 4 is 7.82 Å². The minimum absolute atomic E-state index is 0.0283. The first-order valence-corrected chi connectivity index (χ1v) is 7.56. The fraction of sp³-hybridized carbons (Fsp3) is 0.600. The van der Waals surface area contributed by atoms with E-state index in [2.05, 4.69) is 9.51 Å². The summed E-state index contributed by atoms with van der Waals surface area (Å²) in [4.78, 5) is 42.3. The van der Waals surface area contributed by atoms with Gasteiger partial charge in [-0.05, 0) is 6.92 Å². The first-order valence-electron chi connectivity index (χ1n) is 6.03. The van der Waals surface area contributed by atoms with Gasteiger partial charge < -0.3 is 19.6 Å². The Morgan fingerprint density at radius 1 is 1.52 bits per heavy atom. The lowest BCUT2D eigenvalue weighted by molar-refractivity contribution is -0.0451. The molecule has 0 spiro atoms. The van der Waals surface area contributed by atoms with Crippen LogP contribution in [0, 0.1) is 6.92 Å². The first-order chi connectivity index (χ1) is 9.67. The molecule has 2 heterocycles. The predicted molar refractivity (Wildman–Crippen MR) is 68.6 cm³/mol. The number of hydrogen-bond donors (Lipinski definition) is 4. The number of aromatic amines is 1. The van der Waals surface area contributed by atoms with Gasteiger partial charge in [-0.25, -0.2) is 9.36 Å². The lowest BCUT2D eigenvalue weighted by atomic mass is 10.2. The predicted octanol–water partition coefficient (Wildman–Crippen LogP) is -1.40. The van der Waals surface area contributed by atoms with E-state index in [0.29, 0.717) is 5.56 Å². The largest absolute Gasteiger partial charge is 0.469 e. The molecule has 2 rings (SSSR count). The van der Waals surface area contributed by atoms with E-state index in [1.54, 1.807) is 0 Å². The molecule has 0 radical (unpaired) electrons. The van der Waals surface area contributed by atoms with E-state index >= 15 is 0 Å². The molecule has 118 valence electrons. The third kappa shape index (κ3) is 3.88. The second-order valence-corrected chi connectivity index (χ2v) is 5.94. The monoisotopic (exact) mass is 322 g/mol. The molecule has 1 aromatic rings. The van der Waals surface area contributed by atoms with Crippen LogP contribution in [-0.2, 0) is 13.8 Å². The first kappa shape index (κ1) is 16.1. The minimum atomic E-state index is -4.67. The van der Waals surface area contributed by atoms with Crippen molar-refractivity contribution in [2.24, 2.45) is 0 Å². The van der Waals surface area contributed by atoms with Crippen LogP contribution in [0.1, 0.15) is 18.2 Å². The van der Waals surface area contributed by atoms with Gasteiger partial charge in [0.15, 0.2) is 0 Å². The van der Waals surface area contributed by atoms with E-state index in [4.69, 9.17) is 14.5 Å². The molecule has 0 saturated carbocycles. The van der Waals surface area contributed by atoms with Crippen LogP contribution in [0.25, 0.3) is 0 Å². The molecule has 21 heavy (non-hydrogen) atoms. The molecule has 1 unspecified atom stereocenters. The number of phosphoric acid groups is 1. The quantitative estimate of drug-likeness (QED) is 0.494. The third-order valence-electron chi connectivity index (χ3n) is 3.07. The molecular formula is C10H15N2O8P. The molecule has 0 aromatic carbocycles. The Morgan fingerprint density at radius 2 is 2.19 bits per heavy atom. The Hall–Kier alpha value is -1.29. The number of aliphatic hydroxyl groups is 1. The summed E-state index contributed by atoms with van der Waals surface area (Å²) < 4.78 is 21.4. The smallest absolute Gasteiger partial charge is 0.390 e. The van der Waals surface area contributed by atoms with Crippen LogP contribution in [0.5, 0.6) is 0 Å². The molecule has 4 N–H and O–H groups in total. The zero-order valence-electron chi connectivity index (χ0n) is 11.0. The fourth-order valence-electron chi connectivity index (χ4n) is 2.01. The van der Waals surface area contributed by atoms with E-state index < -0.39 is 44.1 Å². The topological polar surface area (TPSA) is 151 Å². The van der Waals surface area contributed by atoms with Gasteiger partial charge in [-0.15, -0.1) is 0 Å². The van der Waals surface area contributed by atoms with E-state index in [0.717, 1.165) is 4.57 Å². The van der Waals surface area contributed by atoms with Crippen LogP contribution in [0.15, 0.2) is 15.8 Å². The molecule has 0 bridgehead atoms. The summed E-state index contributed by atoms with van der Waals surface area (Å²) in [5.41, 5.74) is -0.918. The Balaban J connectivity index is 2.14. The second-order valence-electron chi connectivity index (χ2n) is 4.70. The fourth-order valence-corrected chi connectivity index (χ4v) is 2.35. The Kier molecular flexibility index (Phi) is 4.47. The van der Waals surface area contributed by atoms with Crippen molar-refractivity contribution in [2.75, 3.05) is 6.61 Å². The number of nitrogens with one attached hydrogen (secondary N) is 1. The summed E-state index contributed by atoms with van der Waals surface area (Å²) in [5.74, 6) is 0. The van der Waals surface area contributed by atoms with Crippen molar-refractivity contribution in [3.63, 3.8) is 0 Å². The Labute approximate surface area is 118 Å². The third-order valence-corrected chi connectivity index (χ3v) is 3.55. The molecule has 11 heteroatoms. The van der Waals surface area contributed by atoms with Gasteiger partial charge in [0.2, 0.25) is 0 Å². The summed E-state index contributed by atoms with van der Waals surface area (Å²) in [7, 11) is -4.67. The molecule has 1 saturated heterocycles. The second kappa shape index (κ2) is 5.84. The van der Waals surface area contributed by atoms with Crippen molar-refractivity contribution in [3.8, 4) is 0 Å². The molecule has 1 aliphatic heterocycles. The number of H-pyrrole nitrogens is 1. The maximum absolute atomic E-state index is 11.7. The average Bonchev–Trinajstić information content (AvgIpc) is 2.72. The molecule has 1 aromatic heterocycles. The lowest BCUT2D eigenvalue weighted by Gasteiger charge is -2.16. The standard InChI is InChI=1S/C10H15N2O8P/c1-5-3-12(10(15)11-9(5)14)8-2-6(13)7(20-8)4-19-21(16,17)18/h3,6-8,13H,2,4H2,1H3,(H,11,14,15)(H2,16,17,18)/t6?,7-,8-/m1/s1. The SMILES string of the molecule is Cc1cn([C@H]2CC(O)[C@@H](COP(=O)(O)O)O2)c(=O)[nH]c1=O. The van der Waals surface area contributed by atoms with Crippen LogP contribution in [0.3, 0.4) is 0 Å². The van der Waals surface area contributed by atoms with Crippen LogP contribution < -0.4 is 11.2 Å². The van der Waals surface area contributed by atoms with E-state index in [-0.39, 0.29) is 6.42 Å². The van der Waals surface area contributed by atoms with Gasteiger partial charge in [-0.3, -0.25) is 18.9 Å². The maximum atomic E-state index is 11.7. The number of aliphatic hydroxyl groups excluding tert-OH is 1. The molecule has 0 amide bonds. The summed E-state index contributed by atoms with van der Waals surface area (Å²) in [6.45, 7) is 0.994. The number of aryl methyl sites for hydroxylation is 1. The summed E-state index contributed by atoms with van der Waals surface area (Å²) in [6.07, 6.45) is -1.57. The maximum Gasteiger partial charge on any atom is 0.469 e. The number of phosphoric ester groups is 1. The molecule has 0 aliphatic carbocycles. The Morgan fingerprint density at radius 3 is 2.81 bits per heavy atom. The molecule has 1 fully saturated rings. The van der Waals surface area contributed by atoms with Gasteiger partial charge in [0.25, 0.3) is 5.56 Å². The highest BCUT2D eigenvalue weighted by atomic mass is 31.2. The van der Waals surface area contributed by atoms with Gasteiger partial charge in [0.1, 0.15) is 12.3 Å². The lowest BCUT2D eigenvalue weighted by Crippen LogP contribution is -2.33. The molecule has 1 aliphatic rings. The van der Waals surface area contributed by atoms with Crippen LogP contribution in [0.2, 0.25) is 0 Å². The van der Waals surface area contributed by atoms with E-state index in [1.165, 1.54) is 13.1 Å². The van der Waals surface area contributed by atoms with Crippen molar-refractivity contribution in [2.45, 2.75) is 31.8 Å². The normalized spacial score (nSPS) is 26.2. The van der Waals surface area contributed by atoms with Gasteiger partial charge >= 0.3 is 13.5 Å². The van der Waals surface area contributed by atoms with Crippen molar-refractivity contribution in [1.82, 2.24) is 9.55 Å². The summed E-state index contributed by atoms with van der Waals surface area (Å²) >= 11 is 0. The molecule has 10 nitrogen and oxygen atoms in total. The molecule has 3 atom stereocenters. The highest BCUT2D eigenvalue weighted by Gasteiger charge is 2.37. The minimum Gasteiger partial charge on any atom is -0.390 e. The van der Waals surface area contributed by atoms with E-state index in [1.807, 2.05) is 0 Å². The van der Waals surface area contributed by atoms with Crippen LogP contribution in [0.4, 0.5) is 0 Å². The van der Waals surface area contributed by atoms with Crippen molar-refractivity contribution in [1.29, 1.82) is 0 Å². The number of hydrogen-bond acceptors (Lipinski definition) is 6. The number of nitrogens with zero attached hydrogens (tertiary/aromatic N) is 1. The van der Waals surface area contributed by atoms with Gasteiger partial charge in [0, 0.05) is 18.2 Å². The average molecular weight is 322 g/mol. The number of rotatable bonds is 4. The highest BCUT2D eigenvalue weighted by molar-refractivity contribution is 7.46. The zero-order chi connectivity index (χ0) is 15.8. The van der Waals surface area contributed by atoms with Gasteiger partial charge in [-0.1, -0.05) is 0 Å². The summed E-state index contributed by atoms with van der Waals surface area (Å²) in [5, 5.41) is 9.79. The van der Waals surface area contributed by atoms with Crippen molar-refractivity contribution in [3.05, 3.63) is 32.6 Å². The molecular weight excluding hydrogens is 307 g/mol. The summed E-state index contributed by atoms with van der Waals surface area (Å²) in [6, 6.07) is 0. The number of ether oxygens (including phenoxy) is 1. The van der Waals surface area contributed by atoms with Crippen molar-refractivity contribution < 1.29 is 28.7 Å². The van der Waals surface area contributed by atoms with Crippen LogP contribution in [-0.4, -0.2) is 43.3 Å². The highest BCUT2D eigenvalue weighted by Crippen LogP contribution is 2.38. The van der Waals surface area contributed by atoms with Gasteiger partial charge in [0.05, 0.1) is 12.7 Å². The zero-order valence-corrected chi connectivity index (χ0v) is 11.9. The Bertz CT molecular complexity index is 676. The van der Waals surface area contributed by atoms with Crippen LogP contribution >= 0.6 is 7.82 Å².